The third-order valence-corrected chi connectivity index (χ3v) is 2.84. The van der Waals surface area contributed by atoms with Crippen LogP contribution in [0.5, 0.6) is 23.0 Å². The summed E-state index contributed by atoms with van der Waals surface area (Å²) in [5, 5.41) is 38.9. The number of nitrogens with zero attached hydrogens (tertiary/aromatic N) is 1. The lowest BCUT2D eigenvalue weighted by molar-refractivity contribution is 0.404. The first-order valence-electron chi connectivity index (χ1n) is 5.23. The molecule has 5 nitrogen and oxygen atoms in total. The molecule has 0 aliphatic rings. The summed E-state index contributed by atoms with van der Waals surface area (Å²) in [4.78, 5) is 4.24. The van der Waals surface area contributed by atoms with E-state index in [0.717, 1.165) is 0 Å². The zero-order valence-corrected chi connectivity index (χ0v) is 9.12. The molecular weight excluding hydrogens is 234 g/mol. The number of pyridine rings is 1. The highest BCUT2D eigenvalue weighted by Crippen LogP contribution is 2.36. The Morgan fingerprint density at radius 1 is 0.722 bits per heavy atom. The van der Waals surface area contributed by atoms with Crippen LogP contribution >= 0.6 is 0 Å². The van der Waals surface area contributed by atoms with Crippen molar-refractivity contribution in [2.45, 2.75) is 0 Å². The maximum atomic E-state index is 9.74. The number of hydrogen-bond acceptors (Lipinski definition) is 5. The fourth-order valence-corrected chi connectivity index (χ4v) is 1.91. The van der Waals surface area contributed by atoms with Crippen LogP contribution in [0.25, 0.3) is 21.8 Å². The molecule has 2 aromatic carbocycles. The first-order valence-corrected chi connectivity index (χ1v) is 5.23. The van der Waals surface area contributed by atoms with Crippen LogP contribution < -0.4 is 0 Å². The lowest BCUT2D eigenvalue weighted by Gasteiger charge is -2.06. The first kappa shape index (κ1) is 10.5. The molecule has 0 unspecified atom stereocenters. The van der Waals surface area contributed by atoms with E-state index < -0.39 is 0 Å². The van der Waals surface area contributed by atoms with Gasteiger partial charge in [-0.15, -0.1) is 0 Å². The van der Waals surface area contributed by atoms with Gasteiger partial charge in [-0.2, -0.15) is 0 Å². The van der Waals surface area contributed by atoms with Gasteiger partial charge < -0.3 is 20.4 Å². The molecular formula is C13H9NO4. The minimum Gasteiger partial charge on any atom is -0.504 e. The number of phenols is 4. The van der Waals surface area contributed by atoms with E-state index in [1.807, 2.05) is 0 Å². The highest BCUT2D eigenvalue weighted by molar-refractivity contribution is 5.97. The third-order valence-electron chi connectivity index (χ3n) is 2.84. The van der Waals surface area contributed by atoms with E-state index in [0.29, 0.717) is 21.8 Å². The van der Waals surface area contributed by atoms with Gasteiger partial charge in [0.2, 0.25) is 0 Å². The van der Waals surface area contributed by atoms with Crippen molar-refractivity contribution in [1.29, 1.82) is 0 Å². The van der Waals surface area contributed by atoms with Gasteiger partial charge in [0, 0.05) is 16.8 Å². The van der Waals surface area contributed by atoms with Crippen LogP contribution in [-0.4, -0.2) is 25.4 Å². The minimum atomic E-state index is -0.261. The van der Waals surface area contributed by atoms with Crippen LogP contribution in [0, 0.1) is 0 Å². The van der Waals surface area contributed by atoms with Crippen molar-refractivity contribution in [2.75, 3.05) is 0 Å². The largest absolute Gasteiger partial charge is 0.504 e. The summed E-state index contributed by atoms with van der Waals surface area (Å²) in [6, 6.07) is 7.19. The SMILES string of the molecule is Oc1cc2cc3c(O)c(O)ccc3nc2cc1O. The molecule has 0 spiro atoms. The monoisotopic (exact) mass is 243 g/mol. The van der Waals surface area contributed by atoms with Gasteiger partial charge >= 0.3 is 0 Å². The van der Waals surface area contributed by atoms with Crippen molar-refractivity contribution >= 4 is 21.8 Å². The molecule has 3 aromatic rings. The number of benzene rings is 2. The van der Waals surface area contributed by atoms with Crippen LogP contribution in [0.3, 0.4) is 0 Å². The molecule has 0 bridgehead atoms. The molecule has 0 amide bonds. The zero-order chi connectivity index (χ0) is 12.9. The minimum absolute atomic E-state index is 0.230. The maximum absolute atomic E-state index is 9.74. The second-order valence-corrected chi connectivity index (χ2v) is 4.02. The molecule has 1 aromatic heterocycles. The fraction of sp³-hybridized carbons (Fsp3) is 0. The first-order chi connectivity index (χ1) is 8.56. The Kier molecular flexibility index (Phi) is 1.98. The Morgan fingerprint density at radius 2 is 1.44 bits per heavy atom. The van der Waals surface area contributed by atoms with E-state index in [4.69, 9.17) is 0 Å². The average Bonchev–Trinajstić information content (AvgIpc) is 2.34. The number of aromatic nitrogens is 1. The summed E-state index contributed by atoms with van der Waals surface area (Å²) < 4.78 is 0. The predicted octanol–water partition coefficient (Wildman–Crippen LogP) is 2.21. The Morgan fingerprint density at radius 3 is 2.22 bits per heavy atom. The van der Waals surface area contributed by atoms with Gasteiger partial charge in [0.05, 0.1) is 11.0 Å². The summed E-state index contributed by atoms with van der Waals surface area (Å²) >= 11 is 0. The molecule has 0 atom stereocenters. The van der Waals surface area contributed by atoms with Crippen LogP contribution in [-0.2, 0) is 0 Å². The van der Waals surface area contributed by atoms with Crippen molar-refractivity contribution in [2.24, 2.45) is 0 Å². The van der Waals surface area contributed by atoms with Crippen molar-refractivity contribution in [3.63, 3.8) is 0 Å². The quantitative estimate of drug-likeness (QED) is 0.359. The lowest BCUT2D eigenvalue weighted by atomic mass is 10.1. The molecule has 3 rings (SSSR count). The van der Waals surface area contributed by atoms with E-state index in [1.165, 1.54) is 18.2 Å². The molecule has 18 heavy (non-hydrogen) atoms. The molecule has 90 valence electrons. The van der Waals surface area contributed by atoms with Crippen LogP contribution in [0.1, 0.15) is 0 Å². The standard InChI is InChI=1S/C13H9NO4/c15-10-2-1-8-7(13(10)18)3-6-4-11(16)12(17)5-9(6)14-8/h1-5,15-18H. The number of aromatic hydroxyl groups is 4. The van der Waals surface area contributed by atoms with Crippen molar-refractivity contribution < 1.29 is 20.4 Å². The highest BCUT2D eigenvalue weighted by Gasteiger charge is 2.10. The number of fused-ring (bicyclic) bond motifs is 2. The van der Waals surface area contributed by atoms with Gasteiger partial charge in [0.1, 0.15) is 0 Å². The molecule has 0 aliphatic heterocycles. The number of rotatable bonds is 0. The van der Waals surface area contributed by atoms with Crippen LogP contribution in [0.4, 0.5) is 0 Å². The smallest absolute Gasteiger partial charge is 0.167 e. The predicted molar refractivity (Wildman–Crippen MR) is 65.9 cm³/mol. The Bertz CT molecular complexity index is 782. The van der Waals surface area contributed by atoms with E-state index in [-0.39, 0.29) is 23.0 Å². The normalized spacial score (nSPS) is 11.1. The molecule has 0 aliphatic carbocycles. The van der Waals surface area contributed by atoms with Crippen LogP contribution in [0.2, 0.25) is 0 Å². The van der Waals surface area contributed by atoms with Crippen molar-refractivity contribution in [3.05, 3.63) is 30.3 Å². The average molecular weight is 243 g/mol. The zero-order valence-electron chi connectivity index (χ0n) is 9.12. The summed E-state index contributed by atoms with van der Waals surface area (Å²) in [7, 11) is 0. The number of hydrogen-bond donors (Lipinski definition) is 4. The molecule has 1 heterocycles. The molecule has 4 N–H and O–H groups in total. The van der Waals surface area contributed by atoms with Gasteiger partial charge in [-0.3, -0.25) is 0 Å². The number of phenolic OH excluding ortho intramolecular Hbond substituents is 4. The van der Waals surface area contributed by atoms with Crippen molar-refractivity contribution in [1.82, 2.24) is 4.98 Å². The van der Waals surface area contributed by atoms with E-state index in [1.54, 1.807) is 12.1 Å². The molecule has 0 radical (unpaired) electrons. The highest BCUT2D eigenvalue weighted by atomic mass is 16.3. The second-order valence-electron chi connectivity index (χ2n) is 4.02. The summed E-state index contributed by atoms with van der Waals surface area (Å²) in [6.45, 7) is 0. The Hall–Kier alpha value is -2.69. The van der Waals surface area contributed by atoms with Crippen molar-refractivity contribution in [3.8, 4) is 23.0 Å². The summed E-state index contributed by atoms with van der Waals surface area (Å²) in [5.41, 5.74) is 0.978. The van der Waals surface area contributed by atoms with Gasteiger partial charge in [-0.25, -0.2) is 4.98 Å². The van der Waals surface area contributed by atoms with Gasteiger partial charge in [0.15, 0.2) is 23.0 Å². The molecule has 0 saturated heterocycles. The van der Waals surface area contributed by atoms with E-state index in [2.05, 4.69) is 4.98 Å². The molecule has 0 saturated carbocycles. The lowest BCUT2D eigenvalue weighted by Crippen LogP contribution is -1.84. The van der Waals surface area contributed by atoms with E-state index >= 15 is 0 Å². The maximum Gasteiger partial charge on any atom is 0.167 e. The topological polar surface area (TPSA) is 93.8 Å². The Labute approximate surface area is 101 Å². The molecule has 5 heteroatoms. The van der Waals surface area contributed by atoms with E-state index in [9.17, 15) is 20.4 Å². The summed E-state index contributed by atoms with van der Waals surface area (Å²) in [6.07, 6.45) is 0. The molecule has 0 fully saturated rings. The van der Waals surface area contributed by atoms with Gasteiger partial charge in [-0.05, 0) is 24.3 Å². The van der Waals surface area contributed by atoms with Crippen LogP contribution in [0.15, 0.2) is 30.3 Å². The summed E-state index contributed by atoms with van der Waals surface area (Å²) in [5.74, 6) is -0.998. The van der Waals surface area contributed by atoms with Gasteiger partial charge in [-0.1, -0.05) is 0 Å². The second kappa shape index (κ2) is 3.40. The van der Waals surface area contributed by atoms with Gasteiger partial charge in [0.25, 0.3) is 0 Å². The third kappa shape index (κ3) is 1.37. The fourth-order valence-electron chi connectivity index (χ4n) is 1.91. The Balaban J connectivity index is 2.47.